The molecule has 0 saturated carbocycles. The zero-order valence-electron chi connectivity index (χ0n) is 12.0. The molecule has 2 aromatic rings. The van der Waals surface area contributed by atoms with Crippen molar-refractivity contribution < 1.29 is 13.9 Å². The van der Waals surface area contributed by atoms with Crippen LogP contribution in [0, 0.1) is 0 Å². The summed E-state index contributed by atoms with van der Waals surface area (Å²) in [6.45, 7) is 1.51. The predicted molar refractivity (Wildman–Crippen MR) is 91.9 cm³/mol. The van der Waals surface area contributed by atoms with Crippen LogP contribution in [0.2, 0.25) is 0 Å². The predicted octanol–water partition coefficient (Wildman–Crippen LogP) is 3.62. The van der Waals surface area contributed by atoms with Gasteiger partial charge in [0.2, 0.25) is 0 Å². The molecule has 0 bridgehead atoms. The second kappa shape index (κ2) is 7.33. The second-order valence-corrected chi connectivity index (χ2v) is 7.30. The Hall–Kier alpha value is -1.27. The summed E-state index contributed by atoms with van der Waals surface area (Å²) in [7, 11) is 0. The summed E-state index contributed by atoms with van der Waals surface area (Å²) < 4.78 is 22.9. The number of benzene rings is 2. The smallest absolute Gasteiger partial charge is 0.0922 e. The van der Waals surface area contributed by atoms with Crippen LogP contribution in [0.4, 0.5) is 0 Å². The van der Waals surface area contributed by atoms with E-state index in [2.05, 4.69) is 15.9 Å². The van der Waals surface area contributed by atoms with Crippen molar-refractivity contribution in [1.82, 2.24) is 0 Å². The van der Waals surface area contributed by atoms with E-state index in [0.29, 0.717) is 5.56 Å². The van der Waals surface area contributed by atoms with Gasteiger partial charge in [-0.05, 0) is 41.3 Å². The molecule has 0 aliphatic rings. The maximum Gasteiger partial charge on any atom is 0.0922 e. The van der Waals surface area contributed by atoms with Gasteiger partial charge in [-0.25, -0.2) is 0 Å². The molecule has 0 fully saturated rings. The molecule has 3 atom stereocenters. The Morgan fingerprint density at radius 3 is 2.32 bits per heavy atom. The Balaban J connectivity index is 2.32. The highest BCUT2D eigenvalue weighted by Crippen LogP contribution is 2.32. The van der Waals surface area contributed by atoms with Crippen LogP contribution in [0.5, 0.6) is 0 Å². The van der Waals surface area contributed by atoms with Crippen molar-refractivity contribution in [2.75, 3.05) is 0 Å². The minimum absolute atomic E-state index is 0.536. The molecule has 0 aliphatic heterocycles. The molecule has 0 aromatic heterocycles. The van der Waals surface area contributed by atoms with E-state index < -0.39 is 21.9 Å². The monoisotopic (exact) mass is 379 g/mol. The Bertz CT molecular complexity index is 670. The van der Waals surface area contributed by atoms with Crippen LogP contribution in [0.25, 0.3) is 6.08 Å². The molecular weight excluding hydrogens is 364 g/mol. The molecule has 0 radical (unpaired) electrons. The first kappa shape index (κ1) is 17.1. The molecule has 3 nitrogen and oxygen atoms in total. The van der Waals surface area contributed by atoms with Gasteiger partial charge in [-0.3, -0.25) is 4.21 Å². The first-order chi connectivity index (χ1) is 10.4. The van der Waals surface area contributed by atoms with Gasteiger partial charge in [0.15, 0.2) is 0 Å². The highest BCUT2D eigenvalue weighted by molar-refractivity contribution is 9.10. The third-order valence-electron chi connectivity index (χ3n) is 3.60. The van der Waals surface area contributed by atoms with Gasteiger partial charge in [0.05, 0.1) is 10.9 Å². The first-order valence-corrected chi connectivity index (χ1v) is 8.58. The van der Waals surface area contributed by atoms with Crippen LogP contribution in [-0.2, 0) is 15.8 Å². The molecule has 3 unspecified atom stereocenters. The van der Waals surface area contributed by atoms with Gasteiger partial charge >= 0.3 is 0 Å². The lowest BCUT2D eigenvalue weighted by molar-refractivity contribution is 0.175. The van der Waals surface area contributed by atoms with Gasteiger partial charge < -0.3 is 9.66 Å². The summed E-state index contributed by atoms with van der Waals surface area (Å²) >= 11 is 0.836. The van der Waals surface area contributed by atoms with Crippen LogP contribution >= 0.6 is 15.9 Å². The largest absolute Gasteiger partial charge is 0.772 e. The average molecular weight is 380 g/mol. The Labute approximate surface area is 141 Å². The number of hydrogen-bond acceptors (Lipinski definition) is 3. The average Bonchev–Trinajstić information content (AvgIpc) is 2.53. The summed E-state index contributed by atoms with van der Waals surface area (Å²) in [5.41, 5.74) is 1.44. The molecule has 2 rings (SSSR count). The van der Waals surface area contributed by atoms with Crippen LogP contribution in [0.3, 0.4) is 0 Å². The van der Waals surface area contributed by atoms with Crippen LogP contribution in [0.1, 0.15) is 18.1 Å². The maximum absolute atomic E-state index is 11.8. The molecule has 0 amide bonds. The molecule has 0 saturated heterocycles. The lowest BCUT2D eigenvalue weighted by Crippen LogP contribution is -2.39. The number of hydrogen-bond donors (Lipinski definition) is 1. The van der Waals surface area contributed by atoms with Crippen molar-refractivity contribution in [2.24, 2.45) is 0 Å². The van der Waals surface area contributed by atoms with Gasteiger partial charge in [-0.1, -0.05) is 70.5 Å². The number of aliphatic hydroxyl groups is 1. The van der Waals surface area contributed by atoms with Crippen LogP contribution in [-0.4, -0.2) is 20.0 Å². The Morgan fingerprint density at radius 1 is 1.18 bits per heavy atom. The summed E-state index contributed by atoms with van der Waals surface area (Å²) in [6, 6.07) is 16.3. The summed E-state index contributed by atoms with van der Waals surface area (Å²) in [6.07, 6.45) is 2.06. The molecule has 0 aliphatic carbocycles. The lowest BCUT2D eigenvalue weighted by atomic mass is 9.93. The Kier molecular flexibility index (Phi) is 5.69. The van der Waals surface area contributed by atoms with Gasteiger partial charge in [0.25, 0.3) is 0 Å². The molecule has 0 heterocycles. The number of aliphatic hydroxyl groups excluding tert-OH is 1. The van der Waals surface area contributed by atoms with Crippen molar-refractivity contribution in [3.05, 3.63) is 76.3 Å². The maximum atomic E-state index is 11.8. The van der Waals surface area contributed by atoms with Crippen LogP contribution < -0.4 is 0 Å². The number of halogens is 1. The molecule has 0 spiro atoms. The molecule has 116 valence electrons. The summed E-state index contributed by atoms with van der Waals surface area (Å²) in [4.78, 5) is 0. The van der Waals surface area contributed by atoms with E-state index in [9.17, 15) is 13.9 Å². The third kappa shape index (κ3) is 3.73. The van der Waals surface area contributed by atoms with Crippen molar-refractivity contribution in [3.63, 3.8) is 0 Å². The zero-order valence-corrected chi connectivity index (χ0v) is 14.4. The fourth-order valence-electron chi connectivity index (χ4n) is 2.10. The summed E-state index contributed by atoms with van der Waals surface area (Å²) in [5.74, 6) is 0. The van der Waals surface area contributed by atoms with E-state index in [1.165, 1.54) is 13.0 Å². The van der Waals surface area contributed by atoms with Crippen molar-refractivity contribution in [1.29, 1.82) is 0 Å². The normalized spacial score (nSPS) is 17.1. The fourth-order valence-corrected chi connectivity index (χ4v) is 2.97. The van der Waals surface area contributed by atoms with Crippen molar-refractivity contribution in [3.8, 4) is 0 Å². The van der Waals surface area contributed by atoms with E-state index in [4.69, 9.17) is 0 Å². The van der Waals surface area contributed by atoms with Gasteiger partial charge in [0.1, 0.15) is 0 Å². The van der Waals surface area contributed by atoms with E-state index in [-0.39, 0.29) is 0 Å². The van der Waals surface area contributed by atoms with E-state index in [1.54, 1.807) is 30.3 Å². The molecular formula is C17H16BrO3S-. The second-order valence-electron chi connectivity index (χ2n) is 5.06. The minimum Gasteiger partial charge on any atom is -0.772 e. The zero-order chi connectivity index (χ0) is 16.2. The van der Waals surface area contributed by atoms with Gasteiger partial charge in [-0.2, -0.15) is 0 Å². The third-order valence-corrected chi connectivity index (χ3v) is 5.30. The van der Waals surface area contributed by atoms with Gasteiger partial charge in [-0.15, -0.1) is 0 Å². The van der Waals surface area contributed by atoms with E-state index in [0.717, 1.165) is 10.0 Å². The fraction of sp³-hybridized carbons (Fsp3) is 0.176. The van der Waals surface area contributed by atoms with Crippen molar-refractivity contribution >= 4 is 33.1 Å². The highest BCUT2D eigenvalue weighted by Gasteiger charge is 2.35. The first-order valence-electron chi connectivity index (χ1n) is 6.71. The minimum atomic E-state index is -2.48. The topological polar surface area (TPSA) is 60.4 Å². The quantitative estimate of drug-likeness (QED) is 0.806. The van der Waals surface area contributed by atoms with Crippen LogP contribution in [0.15, 0.2) is 65.1 Å². The molecule has 1 N–H and O–H groups in total. The Morgan fingerprint density at radius 2 is 1.77 bits per heavy atom. The SMILES string of the molecule is CC(c1ccc(Br)cc1)(C(O)C=Cc1ccccc1)S(=O)[O-]. The van der Waals surface area contributed by atoms with E-state index in [1.807, 2.05) is 30.3 Å². The highest BCUT2D eigenvalue weighted by atomic mass is 79.9. The summed E-state index contributed by atoms with van der Waals surface area (Å²) in [5, 5.41) is 10.4. The van der Waals surface area contributed by atoms with E-state index >= 15 is 0 Å². The van der Waals surface area contributed by atoms with Gasteiger partial charge in [0, 0.05) is 4.47 Å². The standard InChI is InChI=1S/C17H17BrO3S/c1-17(22(20)21,14-8-10-15(18)11-9-14)16(19)12-7-13-5-3-2-4-6-13/h2-12,16,19H,1H3,(H,20,21)/p-1. The molecule has 5 heteroatoms. The lowest BCUT2D eigenvalue weighted by Gasteiger charge is -2.35. The molecule has 2 aromatic carbocycles. The molecule has 22 heavy (non-hydrogen) atoms. The van der Waals surface area contributed by atoms with Crippen molar-refractivity contribution in [2.45, 2.75) is 17.8 Å². The number of rotatable bonds is 5.